The summed E-state index contributed by atoms with van der Waals surface area (Å²) in [5.74, 6) is -1.92. The van der Waals surface area contributed by atoms with E-state index in [9.17, 15) is 14.4 Å². The number of nitrogens with two attached hydrogens (primary N) is 1. The Hall–Kier alpha value is -1.63. The molecule has 5 N–H and O–H groups in total. The molecule has 1 aliphatic rings. The van der Waals surface area contributed by atoms with Gasteiger partial charge in [0, 0.05) is 6.42 Å². The Balaban J connectivity index is 2.72. The molecule has 0 aliphatic carbocycles. The first-order valence-corrected chi connectivity index (χ1v) is 7.44. The molecule has 21 heavy (non-hydrogen) atoms. The molecule has 1 rings (SSSR count). The number of hydrogen-bond acceptors (Lipinski definition) is 4. The Bertz CT molecular complexity index is 386. The third-order valence-corrected chi connectivity index (χ3v) is 4.05. The summed E-state index contributed by atoms with van der Waals surface area (Å²) in [5.41, 5.74) is 4.54. The van der Waals surface area contributed by atoms with Gasteiger partial charge in [0.1, 0.15) is 6.04 Å². The fourth-order valence-electron chi connectivity index (χ4n) is 2.83. The van der Waals surface area contributed by atoms with Crippen molar-refractivity contribution in [1.82, 2.24) is 10.6 Å². The Morgan fingerprint density at radius 3 is 2.43 bits per heavy atom. The zero-order valence-electron chi connectivity index (χ0n) is 12.5. The maximum atomic E-state index is 12.6. The van der Waals surface area contributed by atoms with Crippen molar-refractivity contribution in [2.24, 2.45) is 11.1 Å². The van der Waals surface area contributed by atoms with E-state index in [1.165, 1.54) is 0 Å². The summed E-state index contributed by atoms with van der Waals surface area (Å²) in [5, 5.41) is 15.0. The van der Waals surface area contributed by atoms with E-state index in [4.69, 9.17) is 10.8 Å². The highest BCUT2D eigenvalue weighted by molar-refractivity contribution is 5.88. The van der Waals surface area contributed by atoms with Crippen LogP contribution in [0.5, 0.6) is 0 Å². The molecule has 0 saturated carbocycles. The second-order valence-corrected chi connectivity index (χ2v) is 5.65. The summed E-state index contributed by atoms with van der Waals surface area (Å²) in [6.07, 6.45) is 2.98. The van der Waals surface area contributed by atoms with Crippen molar-refractivity contribution in [2.45, 2.75) is 51.5 Å². The topological polar surface area (TPSA) is 122 Å². The molecule has 1 unspecified atom stereocenters. The molecule has 7 nitrogen and oxygen atoms in total. The lowest BCUT2D eigenvalue weighted by Gasteiger charge is -2.37. The van der Waals surface area contributed by atoms with E-state index < -0.39 is 23.3 Å². The smallest absolute Gasteiger partial charge is 0.326 e. The van der Waals surface area contributed by atoms with Crippen molar-refractivity contribution < 1.29 is 19.5 Å². The molecule has 0 bridgehead atoms. The highest BCUT2D eigenvalue weighted by Crippen LogP contribution is 2.34. The Morgan fingerprint density at radius 1 is 1.33 bits per heavy atom. The molecule has 0 aromatic carbocycles. The van der Waals surface area contributed by atoms with Gasteiger partial charge in [-0.05, 0) is 38.8 Å². The van der Waals surface area contributed by atoms with Gasteiger partial charge in [-0.25, -0.2) is 4.79 Å². The largest absolute Gasteiger partial charge is 0.480 e. The first kappa shape index (κ1) is 17.4. The number of carboxylic acids is 1. The average molecular weight is 299 g/mol. The van der Waals surface area contributed by atoms with Crippen LogP contribution >= 0.6 is 0 Å². The highest BCUT2D eigenvalue weighted by Gasteiger charge is 2.40. The standard InChI is InChI=1S/C14H25N3O4/c1-2-5-14(6-8-16-9-7-14)13(21)17-10(12(19)20)3-4-11(15)18/h10,16H,2-9H2,1H3,(H2,15,18)(H,17,21)(H,19,20). The molecule has 0 aromatic rings. The van der Waals surface area contributed by atoms with Crippen LogP contribution in [-0.2, 0) is 14.4 Å². The molecule has 0 aromatic heterocycles. The van der Waals surface area contributed by atoms with E-state index in [1.807, 2.05) is 6.92 Å². The minimum atomic E-state index is -1.13. The summed E-state index contributed by atoms with van der Waals surface area (Å²) in [4.78, 5) is 34.6. The van der Waals surface area contributed by atoms with Crippen LogP contribution in [0.2, 0.25) is 0 Å². The third kappa shape index (κ3) is 5.00. The number of hydrogen-bond donors (Lipinski definition) is 4. The van der Waals surface area contributed by atoms with Crippen LogP contribution in [0, 0.1) is 5.41 Å². The summed E-state index contributed by atoms with van der Waals surface area (Å²) in [7, 11) is 0. The number of primary amides is 1. The van der Waals surface area contributed by atoms with Gasteiger partial charge < -0.3 is 21.5 Å². The Kier molecular flexibility index (Phi) is 6.61. The highest BCUT2D eigenvalue weighted by atomic mass is 16.4. The van der Waals surface area contributed by atoms with E-state index in [0.29, 0.717) is 12.8 Å². The van der Waals surface area contributed by atoms with E-state index in [0.717, 1.165) is 25.9 Å². The van der Waals surface area contributed by atoms with Gasteiger partial charge in [-0.2, -0.15) is 0 Å². The van der Waals surface area contributed by atoms with Gasteiger partial charge in [0.25, 0.3) is 0 Å². The van der Waals surface area contributed by atoms with Gasteiger partial charge in [0.05, 0.1) is 5.41 Å². The minimum absolute atomic E-state index is 0.0247. The van der Waals surface area contributed by atoms with Crippen LogP contribution in [0.4, 0.5) is 0 Å². The van der Waals surface area contributed by atoms with E-state index in [1.54, 1.807) is 0 Å². The van der Waals surface area contributed by atoms with Crippen LogP contribution in [0.15, 0.2) is 0 Å². The van der Waals surface area contributed by atoms with Crippen LogP contribution in [-0.4, -0.2) is 42.0 Å². The normalized spacial score (nSPS) is 18.7. The van der Waals surface area contributed by atoms with Gasteiger partial charge in [-0.3, -0.25) is 9.59 Å². The van der Waals surface area contributed by atoms with Crippen molar-refractivity contribution in [2.75, 3.05) is 13.1 Å². The van der Waals surface area contributed by atoms with Crippen LogP contribution in [0.3, 0.4) is 0 Å². The molecule has 120 valence electrons. The molecular weight excluding hydrogens is 274 g/mol. The molecule has 1 saturated heterocycles. The van der Waals surface area contributed by atoms with Crippen LogP contribution in [0.1, 0.15) is 45.4 Å². The number of piperidine rings is 1. The number of rotatable bonds is 8. The number of amides is 2. The van der Waals surface area contributed by atoms with Crippen molar-refractivity contribution in [3.63, 3.8) is 0 Å². The fourth-order valence-corrected chi connectivity index (χ4v) is 2.83. The zero-order chi connectivity index (χ0) is 15.9. The average Bonchev–Trinajstić information content (AvgIpc) is 2.43. The molecule has 0 radical (unpaired) electrons. The lowest BCUT2D eigenvalue weighted by Crippen LogP contribution is -2.52. The predicted molar refractivity (Wildman–Crippen MR) is 77.4 cm³/mol. The zero-order valence-corrected chi connectivity index (χ0v) is 12.5. The Morgan fingerprint density at radius 2 is 1.95 bits per heavy atom. The lowest BCUT2D eigenvalue weighted by molar-refractivity contribution is -0.145. The van der Waals surface area contributed by atoms with Crippen molar-refractivity contribution >= 4 is 17.8 Å². The lowest BCUT2D eigenvalue weighted by atomic mass is 9.74. The molecule has 2 amide bonds. The molecule has 7 heteroatoms. The summed E-state index contributed by atoms with van der Waals surface area (Å²) >= 11 is 0. The SMILES string of the molecule is CCCC1(C(=O)NC(CCC(N)=O)C(=O)O)CCNCC1. The van der Waals surface area contributed by atoms with Crippen molar-refractivity contribution in [1.29, 1.82) is 0 Å². The number of nitrogens with one attached hydrogen (secondary N) is 2. The van der Waals surface area contributed by atoms with Crippen molar-refractivity contribution in [3.8, 4) is 0 Å². The quantitative estimate of drug-likeness (QED) is 0.502. The fraction of sp³-hybridized carbons (Fsp3) is 0.786. The second kappa shape index (κ2) is 7.97. The summed E-state index contributed by atoms with van der Waals surface area (Å²) in [6.45, 7) is 3.53. The predicted octanol–water partition coefficient (Wildman–Crippen LogP) is -0.00880. The molecule has 1 fully saturated rings. The maximum absolute atomic E-state index is 12.6. The monoisotopic (exact) mass is 299 g/mol. The molecular formula is C14H25N3O4. The van der Waals surface area contributed by atoms with Gasteiger partial charge >= 0.3 is 5.97 Å². The third-order valence-electron chi connectivity index (χ3n) is 4.05. The Labute approximate surface area is 124 Å². The number of carbonyl (C=O) groups is 3. The number of aliphatic carboxylic acids is 1. The number of carbonyl (C=O) groups excluding carboxylic acids is 2. The van der Waals surface area contributed by atoms with Crippen LogP contribution in [0.25, 0.3) is 0 Å². The van der Waals surface area contributed by atoms with Crippen LogP contribution < -0.4 is 16.4 Å². The molecule has 1 atom stereocenters. The second-order valence-electron chi connectivity index (χ2n) is 5.65. The maximum Gasteiger partial charge on any atom is 0.326 e. The summed E-state index contributed by atoms with van der Waals surface area (Å²) < 4.78 is 0. The summed E-state index contributed by atoms with van der Waals surface area (Å²) in [6, 6.07) is -1.06. The minimum Gasteiger partial charge on any atom is -0.480 e. The molecule has 0 spiro atoms. The van der Waals surface area contributed by atoms with E-state index in [-0.39, 0.29) is 18.7 Å². The number of carboxylic acid groups (broad SMARTS) is 1. The van der Waals surface area contributed by atoms with Gasteiger partial charge in [0.15, 0.2) is 0 Å². The van der Waals surface area contributed by atoms with Crippen molar-refractivity contribution in [3.05, 3.63) is 0 Å². The molecule has 1 heterocycles. The van der Waals surface area contributed by atoms with E-state index >= 15 is 0 Å². The van der Waals surface area contributed by atoms with Gasteiger partial charge in [-0.15, -0.1) is 0 Å². The van der Waals surface area contributed by atoms with Gasteiger partial charge in [0.2, 0.25) is 11.8 Å². The molecule has 1 aliphatic heterocycles. The first-order chi connectivity index (χ1) is 9.91. The first-order valence-electron chi connectivity index (χ1n) is 7.44. The van der Waals surface area contributed by atoms with E-state index in [2.05, 4.69) is 10.6 Å². The van der Waals surface area contributed by atoms with Gasteiger partial charge in [-0.1, -0.05) is 13.3 Å².